The van der Waals surface area contributed by atoms with Crippen LogP contribution in [0.25, 0.3) is 11.5 Å². The zero-order valence-corrected chi connectivity index (χ0v) is 17.4. The Morgan fingerprint density at radius 1 is 1.24 bits per heavy atom. The summed E-state index contributed by atoms with van der Waals surface area (Å²) >= 11 is 0. The van der Waals surface area contributed by atoms with E-state index in [2.05, 4.69) is 25.0 Å². The third-order valence-corrected chi connectivity index (χ3v) is 4.43. The average molecular weight is 466 g/mol. The minimum atomic E-state index is -5.06. The van der Waals surface area contributed by atoms with Gasteiger partial charge in [0.25, 0.3) is 11.5 Å². The van der Waals surface area contributed by atoms with E-state index in [0.29, 0.717) is 11.3 Å². The van der Waals surface area contributed by atoms with E-state index in [9.17, 15) is 27.2 Å². The monoisotopic (exact) mass is 466 g/mol. The summed E-state index contributed by atoms with van der Waals surface area (Å²) < 4.78 is 59.9. The van der Waals surface area contributed by atoms with Crippen molar-refractivity contribution in [2.75, 3.05) is 13.7 Å². The second-order valence-electron chi connectivity index (χ2n) is 6.87. The van der Waals surface area contributed by atoms with Crippen LogP contribution in [0.3, 0.4) is 0 Å². The number of aryl methyl sites for hydroxylation is 1. The number of alkyl halides is 3. The van der Waals surface area contributed by atoms with Crippen molar-refractivity contribution in [1.82, 2.24) is 20.3 Å². The van der Waals surface area contributed by atoms with Gasteiger partial charge in [0.05, 0.1) is 12.6 Å². The van der Waals surface area contributed by atoms with Crippen LogP contribution in [0.1, 0.15) is 27.7 Å². The maximum absolute atomic E-state index is 14.1. The lowest BCUT2D eigenvalue weighted by Gasteiger charge is -2.19. The van der Waals surface area contributed by atoms with Crippen molar-refractivity contribution in [2.45, 2.75) is 19.3 Å². The molecule has 0 fully saturated rings. The predicted octanol–water partition coefficient (Wildman–Crippen LogP) is 3.30. The van der Waals surface area contributed by atoms with Gasteiger partial charge in [-0.1, -0.05) is 12.1 Å². The number of benzene rings is 1. The first-order valence-electron chi connectivity index (χ1n) is 9.45. The second-order valence-corrected chi connectivity index (χ2v) is 6.87. The molecule has 33 heavy (non-hydrogen) atoms. The highest BCUT2D eigenvalue weighted by Gasteiger charge is 2.32. The van der Waals surface area contributed by atoms with Gasteiger partial charge >= 0.3 is 6.36 Å². The lowest BCUT2D eigenvalue weighted by atomic mass is 10.1. The summed E-state index contributed by atoms with van der Waals surface area (Å²) in [4.78, 5) is 35.7. The van der Waals surface area contributed by atoms with Gasteiger partial charge in [-0.2, -0.15) is 0 Å². The fourth-order valence-corrected chi connectivity index (χ4v) is 2.98. The molecule has 2 aromatic heterocycles. The Balaban J connectivity index is 1.88. The van der Waals surface area contributed by atoms with Gasteiger partial charge < -0.3 is 19.8 Å². The highest BCUT2D eigenvalue weighted by atomic mass is 19.4. The Kier molecular flexibility index (Phi) is 7.07. The molecule has 0 aliphatic carbocycles. The maximum atomic E-state index is 14.1. The van der Waals surface area contributed by atoms with Crippen molar-refractivity contribution in [2.24, 2.45) is 0 Å². The number of hydrogen-bond donors (Lipinski definition) is 2. The third kappa shape index (κ3) is 6.13. The first-order chi connectivity index (χ1) is 15.6. The summed E-state index contributed by atoms with van der Waals surface area (Å²) in [6.45, 7) is 1.62. The molecule has 3 rings (SSSR count). The van der Waals surface area contributed by atoms with Gasteiger partial charge in [-0.15, -0.1) is 13.2 Å². The number of aromatic nitrogens is 3. The molecule has 1 amide bonds. The fourth-order valence-electron chi connectivity index (χ4n) is 2.98. The number of carbonyl (C=O) groups is 1. The van der Waals surface area contributed by atoms with Crippen LogP contribution in [0, 0.1) is 12.7 Å². The van der Waals surface area contributed by atoms with Gasteiger partial charge in [0.2, 0.25) is 0 Å². The first-order valence-corrected chi connectivity index (χ1v) is 9.45. The lowest BCUT2D eigenvalue weighted by molar-refractivity contribution is -0.275. The van der Waals surface area contributed by atoms with Crippen molar-refractivity contribution in [3.05, 3.63) is 75.6 Å². The smallest absolute Gasteiger partial charge is 0.403 e. The summed E-state index contributed by atoms with van der Waals surface area (Å²) in [6.07, 6.45) is -3.55. The Labute approximate surface area is 184 Å². The molecule has 3 aromatic rings. The molecule has 0 spiro atoms. The number of nitrogens with one attached hydrogen (secondary N) is 2. The number of carbonyl (C=O) groups excluding carboxylic acids is 1. The van der Waals surface area contributed by atoms with Crippen molar-refractivity contribution in [3.63, 3.8) is 0 Å². The van der Waals surface area contributed by atoms with E-state index < -0.39 is 35.4 Å². The Bertz CT molecular complexity index is 1210. The number of ether oxygens (including phenoxy) is 2. The van der Waals surface area contributed by atoms with E-state index in [1.807, 2.05) is 0 Å². The van der Waals surface area contributed by atoms with E-state index >= 15 is 0 Å². The quantitative estimate of drug-likeness (QED) is 0.518. The average Bonchev–Trinajstić information content (AvgIpc) is 2.74. The summed E-state index contributed by atoms with van der Waals surface area (Å²) in [6, 6.07) is 6.21. The van der Waals surface area contributed by atoms with Crippen LogP contribution < -0.4 is 15.6 Å². The van der Waals surface area contributed by atoms with Gasteiger partial charge in [0, 0.05) is 19.4 Å². The second kappa shape index (κ2) is 9.77. The van der Waals surface area contributed by atoms with E-state index in [1.165, 1.54) is 13.3 Å². The number of halogens is 4. The van der Waals surface area contributed by atoms with Crippen LogP contribution in [0.5, 0.6) is 5.75 Å². The molecule has 1 atom stereocenters. The lowest BCUT2D eigenvalue weighted by Crippen LogP contribution is -2.33. The van der Waals surface area contributed by atoms with Crippen molar-refractivity contribution >= 4 is 5.91 Å². The SMILES string of the molecule is COC[C@@H](NC(=O)c1cc(=O)[nH]c(-c2ncccc2C)n1)c1ccc(OC(F)(F)F)c(F)c1. The summed E-state index contributed by atoms with van der Waals surface area (Å²) in [5.41, 5.74) is 0.366. The van der Waals surface area contributed by atoms with Gasteiger partial charge in [-0.3, -0.25) is 14.6 Å². The number of nitrogens with zero attached hydrogens (tertiary/aromatic N) is 2. The number of pyridine rings is 1. The zero-order chi connectivity index (χ0) is 24.2. The van der Waals surface area contributed by atoms with Crippen LogP contribution >= 0.6 is 0 Å². The molecule has 8 nitrogen and oxygen atoms in total. The topological polar surface area (TPSA) is 106 Å². The van der Waals surface area contributed by atoms with E-state index in [1.54, 1.807) is 19.1 Å². The molecule has 0 aliphatic rings. The molecule has 0 radical (unpaired) electrons. The van der Waals surface area contributed by atoms with Crippen molar-refractivity contribution in [1.29, 1.82) is 0 Å². The normalized spacial score (nSPS) is 12.3. The minimum Gasteiger partial charge on any atom is -0.403 e. The number of aromatic amines is 1. The van der Waals surface area contributed by atoms with Crippen LogP contribution in [-0.2, 0) is 4.74 Å². The number of H-pyrrole nitrogens is 1. The summed E-state index contributed by atoms with van der Waals surface area (Å²) in [7, 11) is 1.32. The Morgan fingerprint density at radius 3 is 2.64 bits per heavy atom. The standard InChI is InChI=1S/C21H18F4N4O4/c1-11-4-3-7-26-18(11)19-27-14(9-17(30)29-19)20(31)28-15(10-32-2)12-5-6-16(13(22)8-12)33-21(23,24)25/h3-9,15H,10H2,1-2H3,(H,28,31)(H,27,29,30)/t15-/m1/s1. The molecule has 0 saturated heterocycles. The van der Waals surface area contributed by atoms with Crippen LogP contribution in [0.15, 0.2) is 47.4 Å². The first kappa shape index (κ1) is 23.9. The molecular formula is C21H18F4N4O4. The van der Waals surface area contributed by atoms with Gasteiger partial charge in [0.1, 0.15) is 11.4 Å². The summed E-state index contributed by atoms with van der Waals surface area (Å²) in [5.74, 6) is -2.99. The largest absolute Gasteiger partial charge is 0.573 e. The van der Waals surface area contributed by atoms with Crippen molar-refractivity contribution in [3.8, 4) is 17.3 Å². The van der Waals surface area contributed by atoms with Crippen LogP contribution in [0.2, 0.25) is 0 Å². The number of rotatable bonds is 7. The third-order valence-electron chi connectivity index (χ3n) is 4.43. The molecule has 0 bridgehead atoms. The molecule has 1 aromatic carbocycles. The number of methoxy groups -OCH3 is 1. The molecule has 0 unspecified atom stereocenters. The fraction of sp³-hybridized carbons (Fsp3) is 0.238. The van der Waals surface area contributed by atoms with E-state index in [0.717, 1.165) is 24.3 Å². The predicted molar refractivity (Wildman–Crippen MR) is 108 cm³/mol. The van der Waals surface area contributed by atoms with Crippen LogP contribution in [-0.4, -0.2) is 40.9 Å². The highest BCUT2D eigenvalue weighted by Crippen LogP contribution is 2.28. The van der Waals surface area contributed by atoms with Gasteiger partial charge in [-0.05, 0) is 36.2 Å². The minimum absolute atomic E-state index is 0.0775. The molecule has 2 heterocycles. The molecular weight excluding hydrogens is 448 g/mol. The van der Waals surface area contributed by atoms with Crippen LogP contribution in [0.4, 0.5) is 17.6 Å². The van der Waals surface area contributed by atoms with E-state index in [-0.39, 0.29) is 23.7 Å². The van der Waals surface area contributed by atoms with Crippen molar-refractivity contribution < 1.29 is 31.8 Å². The molecule has 0 saturated carbocycles. The Morgan fingerprint density at radius 2 is 2.00 bits per heavy atom. The molecule has 12 heteroatoms. The highest BCUT2D eigenvalue weighted by molar-refractivity contribution is 5.92. The molecule has 2 N–H and O–H groups in total. The molecule has 0 aliphatic heterocycles. The summed E-state index contributed by atoms with van der Waals surface area (Å²) in [5, 5.41) is 2.54. The van der Waals surface area contributed by atoms with E-state index in [4.69, 9.17) is 4.74 Å². The number of hydrogen-bond acceptors (Lipinski definition) is 6. The van der Waals surface area contributed by atoms with Gasteiger partial charge in [-0.25, -0.2) is 9.37 Å². The molecule has 174 valence electrons. The maximum Gasteiger partial charge on any atom is 0.573 e. The zero-order valence-electron chi connectivity index (χ0n) is 17.4. The Hall–Kier alpha value is -3.80. The number of amides is 1. The van der Waals surface area contributed by atoms with Gasteiger partial charge in [0.15, 0.2) is 17.4 Å².